The molecule has 1 atom stereocenters. The van der Waals surface area contributed by atoms with Crippen molar-refractivity contribution >= 4 is 17.8 Å². The Hall–Kier alpha value is -2.05. The number of carboxylic acids is 1. The molecule has 1 aromatic heterocycles. The second-order valence-corrected chi connectivity index (χ2v) is 4.89. The number of hydrogen-bond donors (Lipinski definition) is 2. The van der Waals surface area contributed by atoms with E-state index in [-0.39, 0.29) is 12.4 Å². The van der Waals surface area contributed by atoms with Crippen molar-refractivity contribution < 1.29 is 19.4 Å². The fourth-order valence-corrected chi connectivity index (χ4v) is 1.29. The zero-order chi connectivity index (χ0) is 13.9. The van der Waals surface area contributed by atoms with E-state index in [1.165, 1.54) is 16.9 Å². The topological polar surface area (TPSA) is 107 Å². The SMILES string of the molecule is CC(C)(C)OC(=O)[C@@H](Cn1ccc(N)n1)C(=O)O. The number of ether oxygens (including phenoxy) is 1. The van der Waals surface area contributed by atoms with Gasteiger partial charge in [0, 0.05) is 6.20 Å². The number of hydrogen-bond acceptors (Lipinski definition) is 5. The van der Waals surface area contributed by atoms with Crippen molar-refractivity contribution in [3.8, 4) is 0 Å². The summed E-state index contributed by atoms with van der Waals surface area (Å²) in [6.07, 6.45) is 1.51. The molecule has 0 fully saturated rings. The average Bonchev–Trinajstić information content (AvgIpc) is 2.57. The van der Waals surface area contributed by atoms with Crippen molar-refractivity contribution in [1.82, 2.24) is 9.78 Å². The number of anilines is 1. The molecule has 7 nitrogen and oxygen atoms in total. The van der Waals surface area contributed by atoms with Gasteiger partial charge in [-0.3, -0.25) is 14.3 Å². The first-order valence-corrected chi connectivity index (χ1v) is 5.43. The summed E-state index contributed by atoms with van der Waals surface area (Å²) in [6.45, 7) is 4.92. The van der Waals surface area contributed by atoms with Crippen LogP contribution in [0.15, 0.2) is 12.3 Å². The Bertz CT molecular complexity index is 447. The molecule has 3 N–H and O–H groups in total. The Kier molecular flexibility index (Phi) is 3.95. The maximum absolute atomic E-state index is 11.7. The molecule has 1 rings (SSSR count). The van der Waals surface area contributed by atoms with E-state index in [0.29, 0.717) is 0 Å². The highest BCUT2D eigenvalue weighted by Crippen LogP contribution is 2.13. The number of nitrogen functional groups attached to an aromatic ring is 1. The zero-order valence-corrected chi connectivity index (χ0v) is 10.6. The van der Waals surface area contributed by atoms with E-state index < -0.39 is 23.5 Å². The average molecular weight is 255 g/mol. The molecule has 100 valence electrons. The molecule has 0 saturated carbocycles. The minimum atomic E-state index is -1.30. The third-order valence-electron chi connectivity index (χ3n) is 2.02. The molecule has 0 spiro atoms. The van der Waals surface area contributed by atoms with Crippen molar-refractivity contribution in [3.05, 3.63) is 12.3 Å². The first kappa shape index (κ1) is 14.0. The number of carboxylic acid groups (broad SMARTS) is 1. The molecular formula is C11H17N3O4. The summed E-state index contributed by atoms with van der Waals surface area (Å²) in [5.41, 5.74) is 4.68. The fraction of sp³-hybridized carbons (Fsp3) is 0.545. The third-order valence-corrected chi connectivity index (χ3v) is 2.02. The van der Waals surface area contributed by atoms with Crippen LogP contribution in [0, 0.1) is 5.92 Å². The van der Waals surface area contributed by atoms with E-state index >= 15 is 0 Å². The molecular weight excluding hydrogens is 238 g/mol. The molecule has 0 aliphatic heterocycles. The minimum Gasteiger partial charge on any atom is -0.481 e. The van der Waals surface area contributed by atoms with Gasteiger partial charge in [0.05, 0.1) is 6.54 Å². The largest absolute Gasteiger partial charge is 0.481 e. The van der Waals surface area contributed by atoms with Crippen LogP contribution in [0.3, 0.4) is 0 Å². The smallest absolute Gasteiger partial charge is 0.322 e. The van der Waals surface area contributed by atoms with Crippen LogP contribution >= 0.6 is 0 Å². The third kappa shape index (κ3) is 4.08. The van der Waals surface area contributed by atoms with Crippen LogP contribution in [0.1, 0.15) is 20.8 Å². The molecule has 0 radical (unpaired) electrons. The molecule has 0 amide bonds. The van der Waals surface area contributed by atoms with Crippen LogP contribution in [-0.4, -0.2) is 32.4 Å². The zero-order valence-electron chi connectivity index (χ0n) is 10.6. The molecule has 1 aromatic rings. The maximum Gasteiger partial charge on any atom is 0.322 e. The Morgan fingerprint density at radius 1 is 1.56 bits per heavy atom. The second-order valence-electron chi connectivity index (χ2n) is 4.89. The van der Waals surface area contributed by atoms with Gasteiger partial charge in [0.25, 0.3) is 0 Å². The van der Waals surface area contributed by atoms with Crippen molar-refractivity contribution in [2.24, 2.45) is 5.92 Å². The summed E-state index contributed by atoms with van der Waals surface area (Å²) in [5, 5.41) is 12.9. The lowest BCUT2D eigenvalue weighted by Crippen LogP contribution is -2.35. The Labute approximate surface area is 105 Å². The Morgan fingerprint density at radius 3 is 2.56 bits per heavy atom. The first-order chi connectivity index (χ1) is 8.19. The van der Waals surface area contributed by atoms with Crippen LogP contribution in [0.25, 0.3) is 0 Å². The number of esters is 1. The van der Waals surface area contributed by atoms with Gasteiger partial charge in [0.1, 0.15) is 11.4 Å². The molecule has 0 aromatic carbocycles. The number of nitrogens with two attached hydrogens (primary N) is 1. The van der Waals surface area contributed by atoms with E-state index in [1.54, 1.807) is 20.8 Å². The van der Waals surface area contributed by atoms with Gasteiger partial charge in [-0.15, -0.1) is 0 Å². The van der Waals surface area contributed by atoms with Crippen LogP contribution in [0.4, 0.5) is 5.82 Å². The van der Waals surface area contributed by atoms with Gasteiger partial charge in [-0.1, -0.05) is 0 Å². The highest BCUT2D eigenvalue weighted by atomic mass is 16.6. The van der Waals surface area contributed by atoms with E-state index in [1.807, 2.05) is 0 Å². The molecule has 0 aliphatic carbocycles. The number of aromatic nitrogens is 2. The summed E-state index contributed by atoms with van der Waals surface area (Å²) in [5.74, 6) is -3.07. The standard InChI is InChI=1S/C11H17N3O4/c1-11(2,3)18-10(17)7(9(15)16)6-14-5-4-8(12)13-14/h4-5,7H,6H2,1-3H3,(H2,12,13)(H,15,16)/t7-/m0/s1. The van der Waals surface area contributed by atoms with Gasteiger partial charge in [-0.05, 0) is 26.8 Å². The van der Waals surface area contributed by atoms with Gasteiger partial charge in [0.15, 0.2) is 5.92 Å². The highest BCUT2D eigenvalue weighted by molar-refractivity contribution is 5.93. The van der Waals surface area contributed by atoms with Gasteiger partial charge < -0.3 is 15.6 Å². The van der Waals surface area contributed by atoms with Gasteiger partial charge in [-0.2, -0.15) is 5.10 Å². The van der Waals surface area contributed by atoms with Crippen LogP contribution in [0.2, 0.25) is 0 Å². The highest BCUT2D eigenvalue weighted by Gasteiger charge is 2.31. The Balaban J connectivity index is 2.77. The normalized spacial score (nSPS) is 13.1. The molecule has 7 heteroatoms. The van der Waals surface area contributed by atoms with Crippen LogP contribution < -0.4 is 5.73 Å². The molecule has 0 bridgehead atoms. The van der Waals surface area contributed by atoms with E-state index in [4.69, 9.17) is 15.6 Å². The number of carbonyl (C=O) groups excluding carboxylic acids is 1. The van der Waals surface area contributed by atoms with Crippen molar-refractivity contribution in [3.63, 3.8) is 0 Å². The number of carbonyl (C=O) groups is 2. The lowest BCUT2D eigenvalue weighted by Gasteiger charge is -2.22. The number of rotatable bonds is 4. The van der Waals surface area contributed by atoms with Crippen molar-refractivity contribution in [1.29, 1.82) is 0 Å². The van der Waals surface area contributed by atoms with E-state index in [9.17, 15) is 9.59 Å². The summed E-state index contributed by atoms with van der Waals surface area (Å²) >= 11 is 0. The summed E-state index contributed by atoms with van der Waals surface area (Å²) in [7, 11) is 0. The molecule has 0 aliphatic rings. The van der Waals surface area contributed by atoms with Crippen LogP contribution in [0.5, 0.6) is 0 Å². The van der Waals surface area contributed by atoms with E-state index in [2.05, 4.69) is 5.10 Å². The van der Waals surface area contributed by atoms with Gasteiger partial charge >= 0.3 is 11.9 Å². The van der Waals surface area contributed by atoms with Crippen molar-refractivity contribution in [2.75, 3.05) is 5.73 Å². The van der Waals surface area contributed by atoms with Crippen LogP contribution in [-0.2, 0) is 20.9 Å². The maximum atomic E-state index is 11.7. The summed E-state index contributed by atoms with van der Waals surface area (Å²) < 4.78 is 6.35. The summed E-state index contributed by atoms with van der Waals surface area (Å²) in [6, 6.07) is 1.52. The van der Waals surface area contributed by atoms with Gasteiger partial charge in [-0.25, -0.2) is 0 Å². The Morgan fingerprint density at radius 2 is 2.17 bits per heavy atom. The predicted octanol–water partition coefficient (Wildman–Crippen LogP) is 0.508. The van der Waals surface area contributed by atoms with Crippen molar-refractivity contribution in [2.45, 2.75) is 32.9 Å². The second kappa shape index (κ2) is 5.07. The lowest BCUT2D eigenvalue weighted by atomic mass is 10.1. The van der Waals surface area contributed by atoms with E-state index in [0.717, 1.165) is 0 Å². The predicted molar refractivity (Wildman–Crippen MR) is 63.6 cm³/mol. The molecule has 0 saturated heterocycles. The summed E-state index contributed by atoms with van der Waals surface area (Å²) in [4.78, 5) is 22.8. The molecule has 0 unspecified atom stereocenters. The molecule has 1 heterocycles. The monoisotopic (exact) mass is 255 g/mol. The lowest BCUT2D eigenvalue weighted by molar-refractivity contribution is -0.167. The minimum absolute atomic E-state index is 0.110. The quantitative estimate of drug-likeness (QED) is 0.599. The van der Waals surface area contributed by atoms with Gasteiger partial charge in [0.2, 0.25) is 0 Å². The number of aliphatic carboxylic acids is 1. The molecule has 18 heavy (non-hydrogen) atoms. The number of nitrogens with zero attached hydrogens (tertiary/aromatic N) is 2. The first-order valence-electron chi connectivity index (χ1n) is 5.43. The fourth-order valence-electron chi connectivity index (χ4n) is 1.29.